The third kappa shape index (κ3) is 3.10. The molecule has 0 aliphatic heterocycles. The topological polar surface area (TPSA) is 99.0 Å². The highest BCUT2D eigenvalue weighted by Gasteiger charge is 2.18. The van der Waals surface area contributed by atoms with Crippen LogP contribution in [0.3, 0.4) is 0 Å². The Morgan fingerprint density at radius 2 is 0.971 bits per heavy atom. The van der Waals surface area contributed by atoms with Crippen molar-refractivity contribution in [2.45, 2.75) is 0 Å². The van der Waals surface area contributed by atoms with Gasteiger partial charge in [-0.3, -0.25) is 0 Å². The lowest BCUT2D eigenvalue weighted by Gasteiger charge is -1.99. The molecule has 2 aromatic carbocycles. The Morgan fingerprint density at radius 3 is 1.44 bits per heavy atom. The first-order valence-corrected chi connectivity index (χ1v) is 12.0. The molecule has 0 unspecified atom stereocenters. The number of benzene rings is 2. The Kier molecular flexibility index (Phi) is 4.29. The Hall–Kier alpha value is -4.35. The van der Waals surface area contributed by atoms with Crippen LogP contribution >= 0.6 is 22.7 Å². The standard InChI is InChI=1S/C23H13N9S2/c1-3-8-14(9-4-1)18-25-27-22-31(18)29-20(33-22)16-12-7-13-17(24-16)21-30-32-19(26-28-23(32)34-21)15-10-5-2-6-11-15/h1-13H. The number of hydrogen-bond acceptors (Lipinski definition) is 9. The normalized spacial score (nSPS) is 11.5. The Morgan fingerprint density at radius 1 is 0.500 bits per heavy atom. The first kappa shape index (κ1) is 19.1. The number of pyridine rings is 1. The summed E-state index contributed by atoms with van der Waals surface area (Å²) in [5.41, 5.74) is 3.42. The molecule has 0 spiro atoms. The molecule has 162 valence electrons. The summed E-state index contributed by atoms with van der Waals surface area (Å²) in [6.45, 7) is 0. The molecular weight excluding hydrogens is 466 g/mol. The molecule has 0 amide bonds. The van der Waals surface area contributed by atoms with Crippen LogP contribution in [0, 0.1) is 0 Å². The molecule has 5 aromatic heterocycles. The lowest BCUT2D eigenvalue weighted by atomic mass is 10.2. The van der Waals surface area contributed by atoms with Crippen LogP contribution in [0.5, 0.6) is 0 Å². The number of nitrogens with zero attached hydrogens (tertiary/aromatic N) is 9. The van der Waals surface area contributed by atoms with Gasteiger partial charge in [0.1, 0.15) is 11.4 Å². The summed E-state index contributed by atoms with van der Waals surface area (Å²) in [4.78, 5) is 6.27. The maximum Gasteiger partial charge on any atom is 0.235 e. The SMILES string of the molecule is c1ccc(-c2nnc3sc(-c4cccc(-c5nn6c(-c7ccccc7)nnc6s5)n4)nn23)cc1. The average Bonchev–Trinajstić information content (AvgIpc) is 3.65. The van der Waals surface area contributed by atoms with Gasteiger partial charge < -0.3 is 0 Å². The highest BCUT2D eigenvalue weighted by Crippen LogP contribution is 2.31. The molecule has 7 rings (SSSR count). The summed E-state index contributed by atoms with van der Waals surface area (Å²) in [5.74, 6) is 1.41. The van der Waals surface area contributed by atoms with Gasteiger partial charge in [-0.25, -0.2) is 4.98 Å². The van der Waals surface area contributed by atoms with E-state index >= 15 is 0 Å². The van der Waals surface area contributed by atoms with Crippen LogP contribution in [0.25, 0.3) is 54.1 Å². The van der Waals surface area contributed by atoms with E-state index in [2.05, 4.69) is 20.4 Å². The number of aromatic nitrogens is 9. The zero-order chi connectivity index (χ0) is 22.5. The van der Waals surface area contributed by atoms with Gasteiger partial charge in [0.25, 0.3) is 0 Å². The van der Waals surface area contributed by atoms with Gasteiger partial charge in [0.05, 0.1) is 0 Å². The molecule has 5 heterocycles. The van der Waals surface area contributed by atoms with Gasteiger partial charge in [0.15, 0.2) is 21.7 Å². The molecule has 0 radical (unpaired) electrons. The summed E-state index contributed by atoms with van der Waals surface area (Å²) in [7, 11) is 0. The largest absolute Gasteiger partial charge is 0.243 e. The number of rotatable bonds is 4. The van der Waals surface area contributed by atoms with Crippen LogP contribution in [0.4, 0.5) is 0 Å². The van der Waals surface area contributed by atoms with E-state index in [0.29, 0.717) is 21.6 Å². The van der Waals surface area contributed by atoms with Crippen molar-refractivity contribution in [3.63, 3.8) is 0 Å². The van der Waals surface area contributed by atoms with E-state index in [1.54, 1.807) is 9.03 Å². The predicted octanol–water partition coefficient (Wildman–Crippen LogP) is 4.75. The lowest BCUT2D eigenvalue weighted by Crippen LogP contribution is -1.93. The fourth-order valence-corrected chi connectivity index (χ4v) is 5.27. The van der Waals surface area contributed by atoms with Crippen molar-refractivity contribution in [2.75, 3.05) is 0 Å². The van der Waals surface area contributed by atoms with Crippen LogP contribution < -0.4 is 0 Å². The van der Waals surface area contributed by atoms with Gasteiger partial charge in [-0.15, -0.1) is 20.4 Å². The molecule has 7 aromatic rings. The minimum atomic E-state index is 0.705. The summed E-state index contributed by atoms with van der Waals surface area (Å²) < 4.78 is 3.53. The fourth-order valence-electron chi connectivity index (χ4n) is 3.65. The van der Waals surface area contributed by atoms with E-state index in [0.717, 1.165) is 32.5 Å². The van der Waals surface area contributed by atoms with E-state index in [1.165, 1.54) is 22.7 Å². The quantitative estimate of drug-likeness (QED) is 0.359. The van der Waals surface area contributed by atoms with Gasteiger partial charge >= 0.3 is 0 Å². The fraction of sp³-hybridized carbons (Fsp3) is 0. The summed E-state index contributed by atoms with van der Waals surface area (Å²) in [6, 6.07) is 25.6. The predicted molar refractivity (Wildman–Crippen MR) is 130 cm³/mol. The van der Waals surface area contributed by atoms with Crippen molar-refractivity contribution in [1.82, 2.24) is 44.6 Å². The zero-order valence-electron chi connectivity index (χ0n) is 17.3. The summed E-state index contributed by atoms with van der Waals surface area (Å²) >= 11 is 2.89. The van der Waals surface area contributed by atoms with E-state index < -0.39 is 0 Å². The summed E-state index contributed by atoms with van der Waals surface area (Å²) in [6.07, 6.45) is 0. The van der Waals surface area contributed by atoms with Crippen molar-refractivity contribution in [2.24, 2.45) is 0 Å². The third-order valence-electron chi connectivity index (χ3n) is 5.23. The molecule has 0 aliphatic rings. The minimum absolute atomic E-state index is 0.705. The second-order valence-corrected chi connectivity index (χ2v) is 9.30. The second kappa shape index (κ2) is 7.61. The number of hydrogen-bond donors (Lipinski definition) is 0. The number of fused-ring (bicyclic) bond motifs is 2. The highest BCUT2D eigenvalue weighted by atomic mass is 32.1. The van der Waals surface area contributed by atoms with Gasteiger partial charge in [0.2, 0.25) is 9.92 Å². The molecule has 0 N–H and O–H groups in total. The van der Waals surface area contributed by atoms with Crippen molar-refractivity contribution in [3.8, 4) is 44.2 Å². The Bertz CT molecular complexity index is 1640. The molecular formula is C23H13N9S2. The van der Waals surface area contributed by atoms with Crippen LogP contribution in [0.15, 0.2) is 78.9 Å². The minimum Gasteiger partial charge on any atom is -0.243 e. The van der Waals surface area contributed by atoms with Gasteiger partial charge in [-0.05, 0) is 12.1 Å². The van der Waals surface area contributed by atoms with Crippen molar-refractivity contribution < 1.29 is 0 Å². The van der Waals surface area contributed by atoms with E-state index in [1.807, 2.05) is 78.9 Å². The maximum atomic E-state index is 4.84. The Labute approximate surface area is 200 Å². The average molecular weight is 480 g/mol. The van der Waals surface area contributed by atoms with Crippen LogP contribution in [0.1, 0.15) is 0 Å². The van der Waals surface area contributed by atoms with Crippen molar-refractivity contribution in [3.05, 3.63) is 78.9 Å². The van der Waals surface area contributed by atoms with Crippen LogP contribution in [-0.2, 0) is 0 Å². The summed E-state index contributed by atoms with van der Waals surface area (Å²) in [5, 5.41) is 28.2. The van der Waals surface area contributed by atoms with Gasteiger partial charge in [-0.2, -0.15) is 19.2 Å². The molecule has 11 heteroatoms. The monoisotopic (exact) mass is 479 g/mol. The Balaban J connectivity index is 1.28. The third-order valence-corrected chi connectivity index (χ3v) is 7.08. The van der Waals surface area contributed by atoms with Crippen molar-refractivity contribution in [1.29, 1.82) is 0 Å². The van der Waals surface area contributed by atoms with Crippen LogP contribution in [-0.4, -0.2) is 44.6 Å². The first-order valence-electron chi connectivity index (χ1n) is 10.4. The molecule has 0 saturated heterocycles. The van der Waals surface area contributed by atoms with E-state index in [-0.39, 0.29) is 0 Å². The van der Waals surface area contributed by atoms with E-state index in [4.69, 9.17) is 15.2 Å². The molecule has 34 heavy (non-hydrogen) atoms. The second-order valence-electron chi connectivity index (χ2n) is 7.39. The molecule has 0 fully saturated rings. The lowest BCUT2D eigenvalue weighted by molar-refractivity contribution is 0.962. The van der Waals surface area contributed by atoms with Gasteiger partial charge in [0, 0.05) is 11.1 Å². The first-order chi connectivity index (χ1) is 16.8. The van der Waals surface area contributed by atoms with Crippen LogP contribution in [0.2, 0.25) is 0 Å². The van der Waals surface area contributed by atoms with Crippen molar-refractivity contribution >= 4 is 32.6 Å². The van der Waals surface area contributed by atoms with E-state index in [9.17, 15) is 0 Å². The zero-order valence-corrected chi connectivity index (χ0v) is 19.0. The molecule has 0 bridgehead atoms. The molecule has 0 aliphatic carbocycles. The maximum absolute atomic E-state index is 4.84. The molecule has 9 nitrogen and oxygen atoms in total. The molecule has 0 saturated carbocycles. The highest BCUT2D eigenvalue weighted by molar-refractivity contribution is 7.20. The smallest absolute Gasteiger partial charge is 0.235 e. The molecule has 0 atom stereocenters. The van der Waals surface area contributed by atoms with Gasteiger partial charge in [-0.1, -0.05) is 89.4 Å².